The summed E-state index contributed by atoms with van der Waals surface area (Å²) in [6.07, 6.45) is 3.38. The number of nitriles is 1. The molecule has 4 aromatic carbocycles. The molecule has 4 heterocycles. The zero-order valence-electron chi connectivity index (χ0n) is 39.0. The van der Waals surface area contributed by atoms with E-state index in [1.165, 1.54) is 22.0 Å². The highest BCUT2D eigenvalue weighted by molar-refractivity contribution is 5.97. The van der Waals surface area contributed by atoms with Gasteiger partial charge in [-0.1, -0.05) is 91.0 Å². The Morgan fingerprint density at radius 1 is 0.879 bits per heavy atom. The highest BCUT2D eigenvalue weighted by Gasteiger charge is 2.52. The summed E-state index contributed by atoms with van der Waals surface area (Å²) in [5.41, 5.74) is 4.66. The number of aryl methyl sites for hydroxylation is 1. The monoisotopic (exact) mass is 890 g/mol. The number of aromatic nitrogens is 2. The molecule has 5 aromatic rings. The second-order valence-corrected chi connectivity index (χ2v) is 19.7. The summed E-state index contributed by atoms with van der Waals surface area (Å²) < 4.78 is 18.5. The number of benzene rings is 4. The molecule has 3 aliphatic heterocycles. The van der Waals surface area contributed by atoms with Crippen LogP contribution in [0, 0.1) is 18.3 Å². The minimum Gasteiger partial charge on any atom is -0.461 e. The molecule has 0 unspecified atom stereocenters. The highest BCUT2D eigenvalue weighted by atomic mass is 16.6. The number of rotatable bonds is 12. The molecule has 3 fully saturated rings. The van der Waals surface area contributed by atoms with Gasteiger partial charge in [-0.25, -0.2) is 9.59 Å². The minimum absolute atomic E-state index is 0.0476. The number of piperazine rings is 1. The fourth-order valence-corrected chi connectivity index (χ4v) is 10.3. The van der Waals surface area contributed by atoms with Gasteiger partial charge in [-0.2, -0.15) is 15.2 Å². The second kappa shape index (κ2) is 18.5. The molecule has 1 aliphatic carbocycles. The molecular formula is C53H62N8O5. The number of likely N-dealkylation sites (tertiary alicyclic amines) is 1. The highest BCUT2D eigenvalue weighted by Crippen LogP contribution is 2.45. The largest absolute Gasteiger partial charge is 0.461 e. The zero-order valence-corrected chi connectivity index (χ0v) is 39.0. The molecule has 2 saturated heterocycles. The van der Waals surface area contributed by atoms with Crippen LogP contribution in [0.15, 0.2) is 97.1 Å². The molecule has 0 N–H and O–H groups in total. The molecule has 0 spiro atoms. The van der Waals surface area contributed by atoms with Crippen molar-refractivity contribution in [2.24, 2.45) is 0 Å². The lowest BCUT2D eigenvalue weighted by Crippen LogP contribution is -2.65. The van der Waals surface area contributed by atoms with E-state index >= 15 is 0 Å². The molecule has 9 rings (SSSR count). The van der Waals surface area contributed by atoms with Gasteiger partial charge in [0.15, 0.2) is 0 Å². The predicted octanol–water partition coefficient (Wildman–Crippen LogP) is 8.71. The molecule has 0 radical (unpaired) electrons. The van der Waals surface area contributed by atoms with Crippen LogP contribution in [0.5, 0.6) is 6.01 Å². The number of hydrogen-bond acceptors (Lipinski definition) is 11. The van der Waals surface area contributed by atoms with Crippen molar-refractivity contribution in [1.29, 1.82) is 5.26 Å². The van der Waals surface area contributed by atoms with Gasteiger partial charge in [0.1, 0.15) is 24.6 Å². The van der Waals surface area contributed by atoms with E-state index < -0.39 is 17.2 Å². The Balaban J connectivity index is 1.03. The Hall–Kier alpha value is -6.39. The maximum absolute atomic E-state index is 14.2. The summed E-state index contributed by atoms with van der Waals surface area (Å²) in [6.45, 7) is 12.6. The van der Waals surface area contributed by atoms with Gasteiger partial charge >= 0.3 is 18.2 Å². The van der Waals surface area contributed by atoms with E-state index in [2.05, 4.69) is 76.2 Å². The Morgan fingerprint density at radius 2 is 1.61 bits per heavy atom. The summed E-state index contributed by atoms with van der Waals surface area (Å²) >= 11 is 0. The molecule has 0 bridgehead atoms. The topological polar surface area (TPSA) is 128 Å². The van der Waals surface area contributed by atoms with Crippen molar-refractivity contribution in [2.75, 3.05) is 62.7 Å². The standard InChI is InChI=1S/C53H62N8O5/c1-38-14-12-19-41-20-13-21-45(46(38)41)58-28-23-43-44(34-58)55-48(65-37-52(24-25-52)60-29-22-42(33-60)57(5)49(62)66-51(2,3)4)56-47(43)59-30-31-61(50(63)64-35-40-17-10-7-11-18-40)53(36-59,26-27-54)32-39-15-8-6-9-16-39/h6-21,42H,22-26,28-37H2,1-5H3/t42-,53-/m1/s1. The number of nitrogens with zero attached hydrogens (tertiary/aromatic N) is 8. The van der Waals surface area contributed by atoms with E-state index in [0.29, 0.717) is 51.6 Å². The Kier molecular flexibility index (Phi) is 12.5. The fraction of sp³-hybridized carbons (Fsp3) is 0.453. The lowest BCUT2D eigenvalue weighted by Gasteiger charge is -2.50. The van der Waals surface area contributed by atoms with Crippen LogP contribution in [0.3, 0.4) is 0 Å². The molecule has 4 aliphatic rings. The molecule has 2 amide bonds. The van der Waals surface area contributed by atoms with Gasteiger partial charge in [0.05, 0.1) is 35.8 Å². The summed E-state index contributed by atoms with van der Waals surface area (Å²) in [5, 5.41) is 13.0. The molecule has 13 nitrogen and oxygen atoms in total. The van der Waals surface area contributed by atoms with Crippen molar-refractivity contribution in [1.82, 2.24) is 24.7 Å². The summed E-state index contributed by atoms with van der Waals surface area (Å²) in [6, 6.07) is 35.6. The van der Waals surface area contributed by atoms with Gasteiger partial charge in [0.25, 0.3) is 0 Å². The lowest BCUT2D eigenvalue weighted by atomic mass is 9.83. The normalized spacial score (nSPS) is 20.4. The van der Waals surface area contributed by atoms with Gasteiger partial charge in [-0.05, 0) is 87.9 Å². The van der Waals surface area contributed by atoms with E-state index in [0.717, 1.165) is 67.1 Å². The smallest absolute Gasteiger partial charge is 0.410 e. The van der Waals surface area contributed by atoms with Crippen LogP contribution in [0.2, 0.25) is 0 Å². The first kappa shape index (κ1) is 44.8. The minimum atomic E-state index is -0.918. The number of carbonyl (C=O) groups excluding carboxylic acids is 2. The van der Waals surface area contributed by atoms with Crippen molar-refractivity contribution in [3.05, 3.63) is 125 Å². The number of fused-ring (bicyclic) bond motifs is 2. The van der Waals surface area contributed by atoms with Crippen LogP contribution in [-0.4, -0.2) is 112 Å². The van der Waals surface area contributed by atoms with Gasteiger partial charge < -0.3 is 28.9 Å². The molecule has 344 valence electrons. The van der Waals surface area contributed by atoms with Crippen LogP contribution < -0.4 is 14.5 Å². The number of amides is 2. The average molecular weight is 891 g/mol. The molecule has 1 saturated carbocycles. The Bertz CT molecular complexity index is 2590. The number of anilines is 2. The fourth-order valence-electron chi connectivity index (χ4n) is 10.3. The Labute approximate surface area is 388 Å². The molecular weight excluding hydrogens is 829 g/mol. The van der Waals surface area contributed by atoms with Crippen LogP contribution in [-0.2, 0) is 35.5 Å². The van der Waals surface area contributed by atoms with E-state index in [-0.39, 0.29) is 30.7 Å². The quantitative estimate of drug-likeness (QED) is 0.119. The van der Waals surface area contributed by atoms with Crippen molar-refractivity contribution in [3.8, 4) is 12.1 Å². The van der Waals surface area contributed by atoms with Crippen LogP contribution in [0.25, 0.3) is 10.8 Å². The summed E-state index contributed by atoms with van der Waals surface area (Å²) in [5.74, 6) is 0.793. The third-order valence-electron chi connectivity index (χ3n) is 14.0. The molecule has 1 aromatic heterocycles. The van der Waals surface area contributed by atoms with E-state index in [1.807, 2.05) is 76.3 Å². The van der Waals surface area contributed by atoms with E-state index in [1.54, 1.807) is 9.80 Å². The van der Waals surface area contributed by atoms with Crippen molar-refractivity contribution in [2.45, 2.75) is 102 Å². The van der Waals surface area contributed by atoms with E-state index in [4.69, 9.17) is 24.2 Å². The van der Waals surface area contributed by atoms with Crippen molar-refractivity contribution < 1.29 is 23.8 Å². The third kappa shape index (κ3) is 9.47. The summed E-state index contributed by atoms with van der Waals surface area (Å²) in [4.78, 5) is 48.4. The SMILES string of the molecule is Cc1cccc2cccc(N3CCc4c(nc(OCC5(N6CC[C@@H](N(C)C(=O)OC(C)(C)C)C6)CC5)nc4N4CCN(C(=O)OCc5ccccc5)[C@](CC#N)(Cc5ccccc5)C4)C3)c12. The number of carbonyl (C=O) groups is 2. The second-order valence-electron chi connectivity index (χ2n) is 19.7. The molecule has 66 heavy (non-hydrogen) atoms. The van der Waals surface area contributed by atoms with Crippen molar-refractivity contribution >= 4 is 34.5 Å². The number of ether oxygens (including phenoxy) is 3. The maximum Gasteiger partial charge on any atom is 0.410 e. The van der Waals surface area contributed by atoms with Crippen LogP contribution in [0.1, 0.15) is 74.4 Å². The summed E-state index contributed by atoms with van der Waals surface area (Å²) in [7, 11) is 1.84. The lowest BCUT2D eigenvalue weighted by molar-refractivity contribution is 0.0218. The average Bonchev–Trinajstić information content (AvgIpc) is 3.94. The number of hydrogen-bond donors (Lipinski definition) is 0. The van der Waals surface area contributed by atoms with E-state index in [9.17, 15) is 14.9 Å². The third-order valence-corrected chi connectivity index (χ3v) is 14.0. The predicted molar refractivity (Wildman–Crippen MR) is 256 cm³/mol. The zero-order chi connectivity index (χ0) is 46.1. The van der Waals surface area contributed by atoms with Crippen LogP contribution >= 0.6 is 0 Å². The van der Waals surface area contributed by atoms with Gasteiger partial charge in [0.2, 0.25) is 0 Å². The number of likely N-dealkylation sites (N-methyl/N-ethyl adjacent to an activating group) is 1. The van der Waals surface area contributed by atoms with Gasteiger partial charge in [0, 0.05) is 69.0 Å². The Morgan fingerprint density at radius 3 is 2.32 bits per heavy atom. The molecule has 2 atom stereocenters. The first-order valence-electron chi connectivity index (χ1n) is 23.4. The maximum atomic E-state index is 14.2. The molecule has 13 heteroatoms. The first-order valence-corrected chi connectivity index (χ1v) is 23.4. The first-order chi connectivity index (χ1) is 31.8. The van der Waals surface area contributed by atoms with Crippen molar-refractivity contribution in [3.63, 3.8) is 0 Å². The van der Waals surface area contributed by atoms with Gasteiger partial charge in [-0.3, -0.25) is 9.80 Å². The van der Waals surface area contributed by atoms with Gasteiger partial charge in [-0.15, -0.1) is 0 Å². The van der Waals surface area contributed by atoms with Crippen LogP contribution in [0.4, 0.5) is 21.1 Å².